The van der Waals surface area contributed by atoms with E-state index in [9.17, 15) is 4.79 Å². The van der Waals surface area contributed by atoms with E-state index in [4.69, 9.17) is 4.42 Å². The molecule has 136 valence electrons. The van der Waals surface area contributed by atoms with E-state index in [1.165, 1.54) is 0 Å². The Kier molecular flexibility index (Phi) is 4.41. The smallest absolute Gasteiger partial charge is 0.290 e. The Morgan fingerprint density at radius 2 is 1.88 bits per heavy atom. The molecule has 1 N–H and O–H groups in total. The van der Waals surface area contributed by atoms with Gasteiger partial charge in [-0.15, -0.1) is 12.4 Å². The molecular formula is C21H23ClN2O2. The predicted molar refractivity (Wildman–Crippen MR) is 106 cm³/mol. The van der Waals surface area contributed by atoms with E-state index in [-0.39, 0.29) is 18.3 Å². The molecule has 0 aliphatic carbocycles. The van der Waals surface area contributed by atoms with Gasteiger partial charge in [0.1, 0.15) is 5.58 Å². The van der Waals surface area contributed by atoms with Crippen LogP contribution in [-0.2, 0) is 0 Å². The van der Waals surface area contributed by atoms with Crippen molar-refractivity contribution < 1.29 is 9.21 Å². The van der Waals surface area contributed by atoms with E-state index in [1.54, 1.807) is 0 Å². The van der Waals surface area contributed by atoms with Crippen molar-refractivity contribution in [2.75, 3.05) is 13.1 Å². The molecule has 3 aromatic rings. The third-order valence-electron chi connectivity index (χ3n) is 5.91. The molecule has 0 spiro atoms. The Labute approximate surface area is 158 Å². The lowest BCUT2D eigenvalue weighted by Gasteiger charge is -2.27. The van der Waals surface area contributed by atoms with Crippen LogP contribution in [0, 0.1) is 6.92 Å². The first kappa shape index (κ1) is 17.4. The number of hydrogen-bond donors (Lipinski definition) is 1. The first-order chi connectivity index (χ1) is 12.2. The molecular weight excluding hydrogens is 348 g/mol. The monoisotopic (exact) mass is 370 g/mol. The van der Waals surface area contributed by atoms with Crippen LogP contribution < -0.4 is 5.32 Å². The molecule has 2 aromatic carbocycles. The lowest BCUT2D eigenvalue weighted by Crippen LogP contribution is -2.42. The minimum atomic E-state index is 0. The second-order valence-electron chi connectivity index (χ2n) is 7.31. The summed E-state index contributed by atoms with van der Waals surface area (Å²) in [4.78, 5) is 15.4. The second-order valence-corrected chi connectivity index (χ2v) is 7.31. The fourth-order valence-corrected chi connectivity index (χ4v) is 4.58. The number of hydrogen-bond acceptors (Lipinski definition) is 3. The van der Waals surface area contributed by atoms with Crippen molar-refractivity contribution in [3.63, 3.8) is 0 Å². The third kappa shape index (κ3) is 2.51. The molecule has 5 heteroatoms. The fraction of sp³-hybridized carbons (Fsp3) is 0.381. The first-order valence-corrected chi connectivity index (χ1v) is 9.18. The number of amides is 1. The van der Waals surface area contributed by atoms with Crippen molar-refractivity contribution in [1.29, 1.82) is 0 Å². The summed E-state index contributed by atoms with van der Waals surface area (Å²) in [5, 5.41) is 6.71. The molecule has 1 amide bonds. The summed E-state index contributed by atoms with van der Waals surface area (Å²) in [5.41, 5.74) is 1.79. The summed E-state index contributed by atoms with van der Waals surface area (Å²) in [6.45, 7) is 3.89. The quantitative estimate of drug-likeness (QED) is 0.695. The minimum absolute atomic E-state index is 0. The Hall–Kier alpha value is -2.04. The molecule has 2 saturated heterocycles. The maximum Gasteiger partial charge on any atom is 0.290 e. The minimum Gasteiger partial charge on any atom is -0.450 e. The number of carbonyl (C=O) groups is 1. The summed E-state index contributed by atoms with van der Waals surface area (Å²) in [6, 6.07) is 13.0. The molecule has 0 saturated carbocycles. The number of benzene rings is 2. The highest BCUT2D eigenvalue weighted by Gasteiger charge is 2.40. The number of nitrogens with one attached hydrogen (secondary N) is 1. The largest absolute Gasteiger partial charge is 0.450 e. The number of aryl methyl sites for hydroxylation is 1. The van der Waals surface area contributed by atoms with Gasteiger partial charge in [0.15, 0.2) is 5.76 Å². The molecule has 2 fully saturated rings. The molecule has 2 bridgehead atoms. The van der Waals surface area contributed by atoms with Crippen LogP contribution in [-0.4, -0.2) is 36.0 Å². The van der Waals surface area contributed by atoms with Crippen molar-refractivity contribution in [1.82, 2.24) is 10.2 Å². The second kappa shape index (κ2) is 6.60. The van der Waals surface area contributed by atoms with Gasteiger partial charge in [-0.1, -0.05) is 36.4 Å². The van der Waals surface area contributed by atoms with Gasteiger partial charge in [-0.05, 0) is 38.1 Å². The zero-order valence-electron chi connectivity index (χ0n) is 14.8. The van der Waals surface area contributed by atoms with Gasteiger partial charge in [0, 0.05) is 35.0 Å². The first-order valence-electron chi connectivity index (χ1n) is 9.18. The summed E-state index contributed by atoms with van der Waals surface area (Å²) < 4.78 is 6.18. The van der Waals surface area contributed by atoms with Crippen LogP contribution in [0.4, 0.5) is 0 Å². The van der Waals surface area contributed by atoms with E-state index >= 15 is 0 Å². The molecule has 3 heterocycles. The zero-order valence-corrected chi connectivity index (χ0v) is 15.6. The number of rotatable bonds is 1. The average molecular weight is 371 g/mol. The highest BCUT2D eigenvalue weighted by molar-refractivity contribution is 6.09. The van der Waals surface area contributed by atoms with Gasteiger partial charge < -0.3 is 14.6 Å². The summed E-state index contributed by atoms with van der Waals surface area (Å²) in [7, 11) is 0. The number of furan rings is 1. The Bertz CT molecular complexity index is 967. The lowest BCUT2D eigenvalue weighted by atomic mass is 10.1. The molecule has 2 aliphatic heterocycles. The van der Waals surface area contributed by atoms with Crippen molar-refractivity contribution in [2.45, 2.75) is 38.3 Å². The maximum absolute atomic E-state index is 13.3. The van der Waals surface area contributed by atoms with Crippen molar-refractivity contribution in [2.24, 2.45) is 0 Å². The Balaban J connectivity index is 0.00000168. The molecule has 26 heavy (non-hydrogen) atoms. The normalized spacial score (nSPS) is 22.4. The van der Waals surface area contributed by atoms with Crippen LogP contribution in [0.3, 0.4) is 0 Å². The summed E-state index contributed by atoms with van der Waals surface area (Å²) in [6.07, 6.45) is 3.23. The highest BCUT2D eigenvalue weighted by Crippen LogP contribution is 2.35. The Morgan fingerprint density at radius 1 is 1.08 bits per heavy atom. The standard InChI is InChI=1S/C21H22N2O2.ClH/c1-13-17-9-6-14-4-2-3-5-18(14)20(17)25-19(13)21(24)23-15-7-8-16(23)12-22-11-10-15;/h2-6,9,15-16,22H,7-8,10-12H2,1H3;1H. The van der Waals surface area contributed by atoms with Crippen molar-refractivity contribution in [3.8, 4) is 0 Å². The topological polar surface area (TPSA) is 45.5 Å². The molecule has 2 unspecified atom stereocenters. The van der Waals surface area contributed by atoms with Gasteiger partial charge in [0.25, 0.3) is 5.91 Å². The van der Waals surface area contributed by atoms with E-state index in [1.807, 2.05) is 19.1 Å². The fourth-order valence-electron chi connectivity index (χ4n) is 4.58. The number of fused-ring (bicyclic) bond motifs is 5. The third-order valence-corrected chi connectivity index (χ3v) is 5.91. The molecule has 5 rings (SSSR count). The zero-order chi connectivity index (χ0) is 17.0. The van der Waals surface area contributed by atoms with Crippen LogP contribution in [0.1, 0.15) is 35.4 Å². The molecule has 4 nitrogen and oxygen atoms in total. The van der Waals surface area contributed by atoms with Crippen LogP contribution in [0.15, 0.2) is 40.8 Å². The highest BCUT2D eigenvalue weighted by atomic mass is 35.5. The van der Waals surface area contributed by atoms with Gasteiger partial charge in [-0.3, -0.25) is 4.79 Å². The van der Waals surface area contributed by atoms with Crippen molar-refractivity contribution in [3.05, 3.63) is 47.7 Å². The van der Waals surface area contributed by atoms with E-state index in [0.29, 0.717) is 17.8 Å². The van der Waals surface area contributed by atoms with Crippen LogP contribution in [0.25, 0.3) is 21.7 Å². The van der Waals surface area contributed by atoms with Crippen molar-refractivity contribution >= 4 is 40.1 Å². The molecule has 2 aliphatic rings. The van der Waals surface area contributed by atoms with E-state index < -0.39 is 0 Å². The number of carbonyl (C=O) groups excluding carboxylic acids is 1. The van der Waals surface area contributed by atoms with Gasteiger partial charge in [0.2, 0.25) is 0 Å². The maximum atomic E-state index is 13.3. The summed E-state index contributed by atoms with van der Waals surface area (Å²) in [5.74, 6) is 0.583. The number of nitrogens with zero attached hydrogens (tertiary/aromatic N) is 1. The van der Waals surface area contributed by atoms with E-state index in [2.05, 4.69) is 34.5 Å². The van der Waals surface area contributed by atoms with Gasteiger partial charge in [-0.25, -0.2) is 0 Å². The number of halogens is 1. The molecule has 0 radical (unpaired) electrons. The van der Waals surface area contributed by atoms with E-state index in [0.717, 1.165) is 59.7 Å². The van der Waals surface area contributed by atoms with Crippen LogP contribution >= 0.6 is 12.4 Å². The average Bonchev–Trinajstić information content (AvgIpc) is 3.10. The molecule has 2 atom stereocenters. The lowest BCUT2D eigenvalue weighted by molar-refractivity contribution is 0.0649. The van der Waals surface area contributed by atoms with Gasteiger partial charge >= 0.3 is 0 Å². The Morgan fingerprint density at radius 3 is 2.77 bits per heavy atom. The SMILES string of the molecule is Cc1c(C(=O)N2C3CCNCC2CC3)oc2c1ccc1ccccc12.Cl. The van der Waals surface area contributed by atoms with Crippen LogP contribution in [0.2, 0.25) is 0 Å². The molecule has 1 aromatic heterocycles. The van der Waals surface area contributed by atoms with Gasteiger partial charge in [0.05, 0.1) is 0 Å². The predicted octanol–water partition coefficient (Wildman–Crippen LogP) is 4.28. The summed E-state index contributed by atoms with van der Waals surface area (Å²) >= 11 is 0. The van der Waals surface area contributed by atoms with Gasteiger partial charge in [-0.2, -0.15) is 0 Å². The van der Waals surface area contributed by atoms with Crippen LogP contribution in [0.5, 0.6) is 0 Å².